The van der Waals surface area contributed by atoms with E-state index in [-0.39, 0.29) is 0 Å². The Morgan fingerprint density at radius 1 is 0.621 bits per heavy atom. The summed E-state index contributed by atoms with van der Waals surface area (Å²) in [7, 11) is 0. The first-order valence-electron chi connectivity index (χ1n) is 11.1. The molecule has 2 nitrogen and oxygen atoms in total. The third-order valence-electron chi connectivity index (χ3n) is 8.41. The summed E-state index contributed by atoms with van der Waals surface area (Å²) in [6.45, 7) is 9.91. The fourth-order valence-corrected chi connectivity index (χ4v) is 6.71. The zero-order chi connectivity index (χ0) is 19.6. The molecule has 0 radical (unpaired) electrons. The molecular weight excluding hydrogens is 351 g/mol. The fourth-order valence-electron chi connectivity index (χ4n) is 6.71. The average molecular weight is 376 g/mol. The molecule has 3 aromatic rings. The fraction of sp³-hybridized carbons (Fsp3) is 0.308. The Balaban J connectivity index is 1.63. The monoisotopic (exact) mass is 376 g/mol. The van der Waals surface area contributed by atoms with Gasteiger partial charge in [0.15, 0.2) is 0 Å². The Bertz CT molecular complexity index is 1130. The van der Waals surface area contributed by atoms with Crippen molar-refractivity contribution in [2.45, 2.75) is 51.6 Å². The molecule has 3 aromatic carbocycles. The molecule has 3 heteroatoms. The summed E-state index contributed by atoms with van der Waals surface area (Å²) >= 11 is 0. The number of benzene rings is 3. The van der Waals surface area contributed by atoms with Crippen LogP contribution in [0.3, 0.4) is 0 Å². The van der Waals surface area contributed by atoms with Crippen LogP contribution in [0.4, 0.5) is 22.7 Å². The van der Waals surface area contributed by atoms with Crippen molar-refractivity contribution < 1.29 is 0 Å². The van der Waals surface area contributed by atoms with E-state index in [0.717, 1.165) is 0 Å². The van der Waals surface area contributed by atoms with Crippen molar-refractivity contribution in [3.8, 4) is 0 Å². The highest BCUT2D eigenvalue weighted by Crippen LogP contribution is 2.51. The number of rotatable bonds is 0. The van der Waals surface area contributed by atoms with E-state index in [0.29, 0.717) is 30.6 Å². The molecule has 29 heavy (non-hydrogen) atoms. The van der Waals surface area contributed by atoms with Crippen LogP contribution in [-0.4, -0.2) is 18.8 Å². The highest BCUT2D eigenvalue weighted by atomic mass is 15.2. The second kappa shape index (κ2) is 5.08. The quantitative estimate of drug-likeness (QED) is 0.545. The van der Waals surface area contributed by atoms with Crippen LogP contribution in [0, 0.1) is 0 Å². The third kappa shape index (κ3) is 1.65. The van der Waals surface area contributed by atoms with Gasteiger partial charge in [-0.25, -0.2) is 0 Å². The first-order valence-corrected chi connectivity index (χ1v) is 11.1. The summed E-state index contributed by atoms with van der Waals surface area (Å²) in [6, 6.07) is 22.0. The molecule has 4 unspecified atom stereocenters. The van der Waals surface area contributed by atoms with Crippen LogP contribution in [0.2, 0.25) is 0 Å². The molecule has 0 fully saturated rings. The van der Waals surface area contributed by atoms with Gasteiger partial charge in [0.2, 0.25) is 0 Å². The van der Waals surface area contributed by atoms with Gasteiger partial charge in [0.25, 0.3) is 6.71 Å². The Labute approximate surface area is 173 Å². The van der Waals surface area contributed by atoms with Gasteiger partial charge < -0.3 is 9.80 Å². The van der Waals surface area contributed by atoms with Crippen LogP contribution < -0.4 is 26.2 Å². The van der Waals surface area contributed by atoms with Crippen LogP contribution in [-0.2, 0) is 0 Å². The predicted molar refractivity (Wildman–Crippen MR) is 124 cm³/mol. The average Bonchev–Trinajstić information content (AvgIpc) is 3.16. The van der Waals surface area contributed by atoms with Crippen molar-refractivity contribution in [1.82, 2.24) is 0 Å². The Morgan fingerprint density at radius 3 is 1.55 bits per heavy atom. The summed E-state index contributed by atoms with van der Waals surface area (Å²) in [5.74, 6) is 1.10. The van der Waals surface area contributed by atoms with Gasteiger partial charge in [-0.3, -0.25) is 0 Å². The molecule has 7 rings (SSSR count). The van der Waals surface area contributed by atoms with Crippen molar-refractivity contribution in [3.63, 3.8) is 0 Å². The second-order valence-corrected chi connectivity index (χ2v) is 9.51. The van der Waals surface area contributed by atoms with Crippen molar-refractivity contribution >= 4 is 45.9 Å². The van der Waals surface area contributed by atoms with Gasteiger partial charge >= 0.3 is 0 Å². The van der Waals surface area contributed by atoms with Crippen LogP contribution in [0.1, 0.15) is 50.7 Å². The topological polar surface area (TPSA) is 6.48 Å². The molecule has 4 aliphatic heterocycles. The van der Waals surface area contributed by atoms with Crippen molar-refractivity contribution in [2.24, 2.45) is 0 Å². The first-order chi connectivity index (χ1) is 14.1. The number of hydrogen-bond donors (Lipinski definition) is 0. The zero-order valence-electron chi connectivity index (χ0n) is 17.5. The highest BCUT2D eigenvalue weighted by molar-refractivity contribution is 7.00. The molecule has 0 amide bonds. The standard InChI is InChI=1S/C26H25BN2/c1-14-16(3)28-22-12-7-13-23-24(22)27(20-10-5-8-18(14)25(20)28)21-11-6-9-19-15(2)17(4)29(23)26(19)21/h5-17H,1-4H3. The first kappa shape index (κ1) is 16.2. The summed E-state index contributed by atoms with van der Waals surface area (Å²) in [4.78, 5) is 5.29. The van der Waals surface area contributed by atoms with Gasteiger partial charge in [0.05, 0.1) is 0 Å². The minimum Gasteiger partial charge on any atom is -0.339 e. The van der Waals surface area contributed by atoms with Crippen LogP contribution >= 0.6 is 0 Å². The molecule has 4 heterocycles. The molecular formula is C26H25BN2. The van der Waals surface area contributed by atoms with E-state index in [9.17, 15) is 0 Å². The van der Waals surface area contributed by atoms with Gasteiger partial charge in [0.1, 0.15) is 0 Å². The number of para-hydroxylation sites is 2. The van der Waals surface area contributed by atoms with Crippen LogP contribution in [0.5, 0.6) is 0 Å². The molecule has 0 bridgehead atoms. The lowest BCUT2D eigenvalue weighted by molar-refractivity contribution is 0.639. The largest absolute Gasteiger partial charge is 0.339 e. The van der Waals surface area contributed by atoms with Crippen LogP contribution in [0.25, 0.3) is 0 Å². The van der Waals surface area contributed by atoms with E-state index in [2.05, 4.69) is 92.1 Å². The molecule has 0 saturated heterocycles. The lowest BCUT2D eigenvalue weighted by Gasteiger charge is -2.44. The molecule has 0 spiro atoms. The van der Waals surface area contributed by atoms with E-state index >= 15 is 0 Å². The molecule has 0 aliphatic carbocycles. The van der Waals surface area contributed by atoms with E-state index in [1.807, 2.05) is 0 Å². The van der Waals surface area contributed by atoms with E-state index in [1.165, 1.54) is 50.3 Å². The Morgan fingerprint density at radius 2 is 1.07 bits per heavy atom. The van der Waals surface area contributed by atoms with E-state index in [1.54, 1.807) is 0 Å². The lowest BCUT2D eigenvalue weighted by atomic mass is 9.33. The van der Waals surface area contributed by atoms with Gasteiger partial charge in [-0.05, 0) is 53.5 Å². The zero-order valence-corrected chi connectivity index (χ0v) is 17.5. The lowest BCUT2D eigenvalue weighted by Crippen LogP contribution is -2.62. The van der Waals surface area contributed by atoms with Crippen molar-refractivity contribution in [3.05, 3.63) is 65.7 Å². The molecule has 142 valence electrons. The molecule has 0 N–H and O–H groups in total. The minimum atomic E-state index is 0.341. The van der Waals surface area contributed by atoms with E-state index in [4.69, 9.17) is 0 Å². The number of nitrogens with zero attached hydrogens (tertiary/aromatic N) is 2. The maximum Gasteiger partial charge on any atom is 0.252 e. The molecule has 0 saturated carbocycles. The SMILES string of the molecule is CC1c2cccc3c2N(c2cccc4c2B3c2cccc3c2N4C(C)C3C)C1C. The minimum absolute atomic E-state index is 0.341. The maximum atomic E-state index is 2.64. The van der Waals surface area contributed by atoms with Gasteiger partial charge in [0, 0.05) is 46.7 Å². The van der Waals surface area contributed by atoms with E-state index < -0.39 is 0 Å². The Kier molecular flexibility index (Phi) is 2.83. The number of hydrogen-bond acceptors (Lipinski definition) is 2. The molecule has 4 atom stereocenters. The maximum absolute atomic E-state index is 2.64. The second-order valence-electron chi connectivity index (χ2n) is 9.51. The number of anilines is 4. The summed E-state index contributed by atoms with van der Waals surface area (Å²) in [5.41, 5.74) is 13.4. The van der Waals surface area contributed by atoms with Crippen molar-refractivity contribution in [2.75, 3.05) is 9.80 Å². The smallest absolute Gasteiger partial charge is 0.252 e. The van der Waals surface area contributed by atoms with Crippen LogP contribution in [0.15, 0.2) is 54.6 Å². The molecule has 4 aliphatic rings. The predicted octanol–water partition coefficient (Wildman–Crippen LogP) is 4.12. The third-order valence-corrected chi connectivity index (χ3v) is 8.41. The van der Waals surface area contributed by atoms with Gasteiger partial charge in [-0.2, -0.15) is 0 Å². The van der Waals surface area contributed by atoms with Gasteiger partial charge in [-0.1, -0.05) is 56.3 Å². The summed E-state index contributed by atoms with van der Waals surface area (Å²) in [5, 5.41) is 0. The summed E-state index contributed by atoms with van der Waals surface area (Å²) in [6.07, 6.45) is 0. The van der Waals surface area contributed by atoms with Gasteiger partial charge in [-0.15, -0.1) is 0 Å². The number of fused-ring (bicyclic) bond motifs is 4. The Hall–Kier alpha value is -2.68. The van der Waals surface area contributed by atoms with Crippen molar-refractivity contribution in [1.29, 1.82) is 0 Å². The normalized spacial score (nSPS) is 27.1. The highest BCUT2D eigenvalue weighted by Gasteiger charge is 2.50. The summed E-state index contributed by atoms with van der Waals surface area (Å²) < 4.78 is 0. The molecule has 0 aromatic heterocycles.